The molecule has 1 aromatic rings. The number of hydrogen-bond acceptors (Lipinski definition) is 7. The summed E-state index contributed by atoms with van der Waals surface area (Å²) in [6, 6.07) is 10.8. The van der Waals surface area contributed by atoms with Gasteiger partial charge in [0, 0.05) is 64.4 Å². The first kappa shape index (κ1) is 41.3. The van der Waals surface area contributed by atoms with Crippen LogP contribution < -0.4 is 10.6 Å². The summed E-state index contributed by atoms with van der Waals surface area (Å²) >= 11 is 0. The Hall–Kier alpha value is -3.38. The molecule has 0 bridgehead atoms. The molecule has 1 aromatic carbocycles. The quantitative estimate of drug-likeness (QED) is 0.255. The number of nitrogens with one attached hydrogen (secondary N) is 2. The number of carbonyl (C=O) groups excluding carboxylic acids is 3. The lowest BCUT2D eigenvalue weighted by atomic mass is 9.81. The number of amides is 4. The number of urea groups is 2. The van der Waals surface area contributed by atoms with Crippen molar-refractivity contribution >= 4 is 24.0 Å². The zero-order chi connectivity index (χ0) is 38.5. The van der Waals surface area contributed by atoms with Crippen molar-refractivity contribution in [3.63, 3.8) is 0 Å². The molecule has 2 heterocycles. The Morgan fingerprint density at radius 1 is 0.564 bits per heavy atom. The van der Waals surface area contributed by atoms with E-state index in [1.54, 1.807) is 4.90 Å². The van der Waals surface area contributed by atoms with E-state index in [4.69, 9.17) is 4.74 Å². The van der Waals surface area contributed by atoms with Gasteiger partial charge in [0.05, 0.1) is 0 Å². The summed E-state index contributed by atoms with van der Waals surface area (Å²) in [6.07, 6.45) is 21.4. The molecule has 6 aliphatic rings. The number of esters is 1. The second-order valence-electron chi connectivity index (χ2n) is 17.1. The fraction of sp³-hybridized carbons (Fsp3) is 0.767. The topological polar surface area (TPSA) is 135 Å². The molecular weight excluding hydrogens is 697 g/mol. The molecule has 3 N–H and O–H groups in total. The van der Waals surface area contributed by atoms with Crippen LogP contribution in [0.15, 0.2) is 30.3 Å². The van der Waals surface area contributed by atoms with Gasteiger partial charge in [-0.15, -0.1) is 0 Å². The molecule has 4 saturated carbocycles. The number of nitrogens with zero attached hydrogens (tertiary/aromatic N) is 4. The summed E-state index contributed by atoms with van der Waals surface area (Å²) in [5.41, 5.74) is -0.965. The number of carboxylic acids is 1. The number of aliphatic carboxylic acids is 1. The second-order valence-corrected chi connectivity index (χ2v) is 17.1. The first-order valence-electron chi connectivity index (χ1n) is 21.8. The van der Waals surface area contributed by atoms with Crippen LogP contribution in [0.1, 0.15) is 134 Å². The van der Waals surface area contributed by atoms with Crippen molar-refractivity contribution in [3.8, 4) is 0 Å². The molecule has 7 rings (SSSR count). The monoisotopic (exact) mass is 765 g/mol. The van der Waals surface area contributed by atoms with Gasteiger partial charge in [-0.25, -0.2) is 19.2 Å². The van der Waals surface area contributed by atoms with Gasteiger partial charge < -0.3 is 30.3 Å². The van der Waals surface area contributed by atoms with Crippen LogP contribution in [-0.2, 0) is 20.9 Å². The minimum atomic E-state index is -1.05. The Labute approximate surface area is 329 Å². The molecule has 6 fully saturated rings. The smallest absolute Gasteiger partial charge is 0.332 e. The molecule has 0 unspecified atom stereocenters. The summed E-state index contributed by atoms with van der Waals surface area (Å²) in [5, 5.41) is 15.6. The van der Waals surface area contributed by atoms with E-state index in [0.717, 1.165) is 83.4 Å². The highest BCUT2D eigenvalue weighted by Crippen LogP contribution is 2.32. The van der Waals surface area contributed by atoms with Crippen molar-refractivity contribution in [2.24, 2.45) is 0 Å². The van der Waals surface area contributed by atoms with E-state index in [-0.39, 0.29) is 24.6 Å². The lowest BCUT2D eigenvalue weighted by Crippen LogP contribution is -2.62. The summed E-state index contributed by atoms with van der Waals surface area (Å²) in [7, 11) is 0. The Morgan fingerprint density at radius 2 is 0.964 bits per heavy atom. The normalized spacial score (nSPS) is 24.1. The van der Waals surface area contributed by atoms with Gasteiger partial charge in [-0.2, -0.15) is 0 Å². The van der Waals surface area contributed by atoms with Crippen molar-refractivity contribution in [3.05, 3.63) is 35.9 Å². The van der Waals surface area contributed by atoms with Gasteiger partial charge in [-0.05, 0) is 56.9 Å². The lowest BCUT2D eigenvalue weighted by molar-refractivity contribution is -0.154. The van der Waals surface area contributed by atoms with E-state index >= 15 is 0 Å². The van der Waals surface area contributed by atoms with Crippen molar-refractivity contribution < 1.29 is 29.0 Å². The summed E-state index contributed by atoms with van der Waals surface area (Å²) < 4.78 is 5.68. The van der Waals surface area contributed by atoms with E-state index in [9.17, 15) is 24.3 Å². The highest BCUT2D eigenvalue weighted by atomic mass is 16.5. The summed E-state index contributed by atoms with van der Waals surface area (Å²) in [6.45, 7) is 6.83. The maximum Gasteiger partial charge on any atom is 0.332 e. The predicted octanol–water partition coefficient (Wildman–Crippen LogP) is 6.53. The van der Waals surface area contributed by atoms with Crippen molar-refractivity contribution in [2.45, 2.75) is 158 Å². The van der Waals surface area contributed by atoms with Gasteiger partial charge in [0.15, 0.2) is 0 Å². The number of rotatable bonds is 8. The molecule has 4 amide bonds. The predicted molar refractivity (Wildman–Crippen MR) is 213 cm³/mol. The molecule has 12 heteroatoms. The molecule has 2 aliphatic heterocycles. The Morgan fingerprint density at radius 3 is 1.40 bits per heavy atom. The van der Waals surface area contributed by atoms with Crippen LogP contribution in [0.4, 0.5) is 9.59 Å². The van der Waals surface area contributed by atoms with Crippen LogP contribution in [-0.4, -0.2) is 124 Å². The van der Waals surface area contributed by atoms with Crippen LogP contribution in [0.25, 0.3) is 0 Å². The highest BCUT2D eigenvalue weighted by Gasteiger charge is 2.44. The molecule has 0 spiro atoms. The second kappa shape index (κ2) is 20.2. The first-order chi connectivity index (χ1) is 26.8. The van der Waals surface area contributed by atoms with Crippen LogP contribution >= 0.6 is 0 Å². The molecule has 0 radical (unpaired) electrons. The van der Waals surface area contributed by atoms with Gasteiger partial charge in [0.1, 0.15) is 17.7 Å². The van der Waals surface area contributed by atoms with Gasteiger partial charge in [0.25, 0.3) is 0 Å². The Balaban J connectivity index is 0.000000193. The molecular formula is C43H68N6O6. The van der Waals surface area contributed by atoms with Crippen LogP contribution in [0.2, 0.25) is 0 Å². The lowest BCUT2D eigenvalue weighted by Gasteiger charge is -2.42. The molecule has 0 atom stereocenters. The largest absolute Gasteiger partial charge is 0.480 e. The van der Waals surface area contributed by atoms with E-state index in [1.165, 1.54) is 64.2 Å². The third kappa shape index (κ3) is 11.1. The van der Waals surface area contributed by atoms with Crippen molar-refractivity contribution in [1.82, 2.24) is 30.2 Å². The van der Waals surface area contributed by atoms with Crippen molar-refractivity contribution in [1.29, 1.82) is 0 Å². The minimum absolute atomic E-state index is 0.109. The average Bonchev–Trinajstić information content (AvgIpc) is 3.24. The number of carbonyl (C=O) groups is 4. The van der Waals surface area contributed by atoms with Crippen molar-refractivity contribution in [2.75, 3.05) is 52.4 Å². The zero-order valence-corrected chi connectivity index (χ0v) is 33.3. The number of piperazine rings is 2. The number of benzene rings is 1. The standard InChI is InChI=1S/C25H37N3O3.C18H31N3O3/c29-23(31-20-21-10-4-1-5-11-21)25(14-8-3-9-15-25)26-24(30)28-18-16-27(17-19-28)22-12-6-2-7-13-22;22-16(23)18(9-5-2-6-10-18)19-17(24)21-13-11-20(12-14-21)15-7-3-1-4-8-15/h1,4-5,10-11,22H,2-3,6-9,12-20H2,(H,26,30);15H,1-14H2,(H,19,24)(H,22,23). The molecule has 4 aliphatic carbocycles. The van der Waals surface area contributed by atoms with E-state index in [1.807, 2.05) is 35.2 Å². The SMILES string of the molecule is O=C(NC1(C(=O)O)CCCCC1)N1CCN(C2CCCCC2)CC1.O=C(NC1(C(=O)OCc2ccccc2)CCCCC1)N1CCN(C2CCCCC2)CC1. The third-order valence-corrected chi connectivity index (χ3v) is 13.5. The van der Waals surface area contributed by atoms with Gasteiger partial charge in [-0.3, -0.25) is 9.80 Å². The van der Waals surface area contributed by atoms with Crippen LogP contribution in [0, 0.1) is 0 Å². The van der Waals surface area contributed by atoms with E-state index < -0.39 is 17.0 Å². The number of hydrogen-bond donors (Lipinski definition) is 3. The third-order valence-electron chi connectivity index (χ3n) is 13.5. The van der Waals surface area contributed by atoms with Crippen LogP contribution in [0.3, 0.4) is 0 Å². The molecule has 12 nitrogen and oxygen atoms in total. The molecule has 2 saturated heterocycles. The first-order valence-corrected chi connectivity index (χ1v) is 21.8. The van der Waals surface area contributed by atoms with Gasteiger partial charge in [-0.1, -0.05) is 107 Å². The highest BCUT2D eigenvalue weighted by molar-refractivity contribution is 5.88. The average molecular weight is 765 g/mol. The van der Waals surface area contributed by atoms with Gasteiger partial charge in [0.2, 0.25) is 0 Å². The van der Waals surface area contributed by atoms with E-state index in [2.05, 4.69) is 20.4 Å². The van der Waals surface area contributed by atoms with Gasteiger partial charge >= 0.3 is 24.0 Å². The maximum absolute atomic E-state index is 13.1. The van der Waals surface area contributed by atoms with Crippen LogP contribution in [0.5, 0.6) is 0 Å². The Bertz CT molecular complexity index is 1370. The summed E-state index contributed by atoms with van der Waals surface area (Å²) in [4.78, 5) is 59.3. The Kier molecular flexibility index (Phi) is 15.1. The fourth-order valence-corrected chi connectivity index (χ4v) is 9.98. The maximum atomic E-state index is 13.1. The molecule has 306 valence electrons. The molecule has 0 aromatic heterocycles. The number of carboxylic acid groups (broad SMARTS) is 1. The fourth-order valence-electron chi connectivity index (χ4n) is 9.98. The zero-order valence-electron chi connectivity index (χ0n) is 33.3. The minimum Gasteiger partial charge on any atom is -0.480 e. The number of ether oxygens (including phenoxy) is 1. The summed E-state index contributed by atoms with van der Waals surface area (Å²) in [5.74, 6) is -1.17. The molecule has 55 heavy (non-hydrogen) atoms. The van der Waals surface area contributed by atoms with E-state index in [0.29, 0.717) is 50.9 Å².